The molecule has 0 atom stereocenters. The third-order valence-corrected chi connectivity index (χ3v) is 2.46. The Balaban J connectivity index is 1.89. The molecule has 20 heavy (non-hydrogen) atoms. The van der Waals surface area contributed by atoms with Crippen LogP contribution in [-0.4, -0.2) is 47.4 Å². The van der Waals surface area contributed by atoms with E-state index in [1.807, 2.05) is 0 Å². The van der Waals surface area contributed by atoms with Gasteiger partial charge in [0, 0.05) is 13.1 Å². The number of furan rings is 1. The summed E-state index contributed by atoms with van der Waals surface area (Å²) in [5.41, 5.74) is 0. The van der Waals surface area contributed by atoms with Crippen LogP contribution in [0.3, 0.4) is 0 Å². The van der Waals surface area contributed by atoms with Crippen molar-refractivity contribution in [1.82, 2.24) is 10.2 Å². The lowest BCUT2D eigenvalue weighted by Gasteiger charge is -2.11. The minimum atomic E-state index is -1.02. The molecule has 0 aliphatic carbocycles. The Morgan fingerprint density at radius 2 is 2.25 bits per heavy atom. The van der Waals surface area contributed by atoms with E-state index < -0.39 is 41.1 Å². The Morgan fingerprint density at radius 1 is 1.50 bits per heavy atom. The summed E-state index contributed by atoms with van der Waals surface area (Å²) in [5.74, 6) is -2.71. The Bertz CT molecular complexity index is 579. The topological polar surface area (TPSA) is 132 Å². The van der Waals surface area contributed by atoms with Crippen LogP contribution in [0.2, 0.25) is 0 Å². The fourth-order valence-electron chi connectivity index (χ4n) is 1.52. The zero-order valence-corrected chi connectivity index (χ0v) is 10.0. The van der Waals surface area contributed by atoms with Crippen LogP contribution in [0.4, 0.5) is 10.7 Å². The first-order valence-corrected chi connectivity index (χ1v) is 5.48. The molecule has 0 saturated carbocycles. The van der Waals surface area contributed by atoms with Crippen molar-refractivity contribution >= 4 is 23.8 Å². The van der Waals surface area contributed by atoms with Crippen molar-refractivity contribution in [3.8, 4) is 0 Å². The maximum absolute atomic E-state index is 11.6. The molecule has 2 heterocycles. The molecule has 10 nitrogen and oxygen atoms in total. The summed E-state index contributed by atoms with van der Waals surface area (Å²) in [6.07, 6.45) is 0. The fraction of sp³-hybridized carbons (Fsp3) is 0.300. The van der Waals surface area contributed by atoms with Crippen molar-refractivity contribution in [3.63, 3.8) is 0 Å². The predicted molar refractivity (Wildman–Crippen MR) is 60.8 cm³/mol. The van der Waals surface area contributed by atoms with E-state index in [-0.39, 0.29) is 6.54 Å². The molecule has 1 fully saturated rings. The highest BCUT2D eigenvalue weighted by Gasteiger charge is 2.27. The highest BCUT2D eigenvalue weighted by molar-refractivity contribution is 5.97. The first kappa shape index (κ1) is 13.5. The minimum Gasteiger partial charge on any atom is -0.450 e. The molecule has 3 amide bonds. The summed E-state index contributed by atoms with van der Waals surface area (Å²) < 4.78 is 9.23. The van der Waals surface area contributed by atoms with E-state index in [2.05, 4.69) is 14.5 Å². The first-order chi connectivity index (χ1) is 9.49. The fourth-order valence-corrected chi connectivity index (χ4v) is 1.52. The highest BCUT2D eigenvalue weighted by atomic mass is 16.7. The standard InChI is InChI=1S/C10H9N3O7/c14-7(12-4-3-11-10(12)16)5-19-9(15)6-1-2-8(20-6)13(17)18/h1-2H,3-5H2,(H,11,16). The number of carbonyl (C=O) groups is 3. The number of amides is 3. The normalized spacial score (nSPS) is 14.0. The van der Waals surface area contributed by atoms with E-state index in [0.29, 0.717) is 6.54 Å². The van der Waals surface area contributed by atoms with Crippen LogP contribution in [-0.2, 0) is 9.53 Å². The molecule has 1 aromatic rings. The van der Waals surface area contributed by atoms with Crippen molar-refractivity contribution in [1.29, 1.82) is 0 Å². The molecule has 1 aromatic heterocycles. The van der Waals surface area contributed by atoms with Gasteiger partial charge in [0.25, 0.3) is 5.91 Å². The van der Waals surface area contributed by atoms with Crippen LogP contribution < -0.4 is 5.32 Å². The van der Waals surface area contributed by atoms with Gasteiger partial charge in [-0.1, -0.05) is 0 Å². The van der Waals surface area contributed by atoms with Crippen LogP contribution in [0.1, 0.15) is 10.6 Å². The zero-order valence-electron chi connectivity index (χ0n) is 10.0. The van der Waals surface area contributed by atoms with Crippen LogP contribution in [0.5, 0.6) is 0 Å². The molecule has 0 radical (unpaired) electrons. The second kappa shape index (κ2) is 5.38. The number of hydrogen-bond acceptors (Lipinski definition) is 7. The average molecular weight is 283 g/mol. The average Bonchev–Trinajstić information content (AvgIpc) is 3.04. The molecule has 0 spiro atoms. The number of nitrogens with zero attached hydrogens (tertiary/aromatic N) is 2. The number of carbonyl (C=O) groups excluding carboxylic acids is 3. The summed E-state index contributed by atoms with van der Waals surface area (Å²) in [5, 5.41) is 12.8. The van der Waals surface area contributed by atoms with Gasteiger partial charge >= 0.3 is 17.9 Å². The Hall–Kier alpha value is -2.91. The van der Waals surface area contributed by atoms with Gasteiger partial charge < -0.3 is 14.5 Å². The van der Waals surface area contributed by atoms with Gasteiger partial charge in [-0.05, 0) is 6.07 Å². The van der Waals surface area contributed by atoms with Crippen molar-refractivity contribution in [2.24, 2.45) is 0 Å². The molecule has 0 bridgehead atoms. The monoisotopic (exact) mass is 283 g/mol. The molecule has 0 unspecified atom stereocenters. The molecule has 2 rings (SSSR count). The maximum atomic E-state index is 11.6. The quantitative estimate of drug-likeness (QED) is 0.463. The second-order valence-corrected chi connectivity index (χ2v) is 3.75. The highest BCUT2D eigenvalue weighted by Crippen LogP contribution is 2.16. The molecule has 0 aromatic carbocycles. The minimum absolute atomic E-state index is 0.196. The summed E-state index contributed by atoms with van der Waals surface area (Å²) >= 11 is 0. The second-order valence-electron chi connectivity index (χ2n) is 3.75. The third kappa shape index (κ3) is 2.74. The molecule has 106 valence electrons. The summed E-state index contributed by atoms with van der Waals surface area (Å²) in [4.78, 5) is 44.7. The van der Waals surface area contributed by atoms with Crippen molar-refractivity contribution in [3.05, 3.63) is 28.0 Å². The van der Waals surface area contributed by atoms with Gasteiger partial charge in [-0.15, -0.1) is 0 Å². The molecule has 1 saturated heterocycles. The molecular formula is C10H9N3O7. The lowest BCUT2D eigenvalue weighted by atomic mass is 10.4. The Kier molecular flexibility index (Phi) is 3.64. The molecule has 10 heteroatoms. The number of nitro groups is 1. The number of nitrogens with one attached hydrogen (secondary N) is 1. The number of urea groups is 1. The predicted octanol–water partition coefficient (Wildman–Crippen LogP) is -0.104. The lowest BCUT2D eigenvalue weighted by molar-refractivity contribution is -0.402. The van der Waals surface area contributed by atoms with Crippen molar-refractivity contribution < 1.29 is 28.5 Å². The van der Waals surface area contributed by atoms with Crippen molar-refractivity contribution in [2.45, 2.75) is 0 Å². The van der Waals surface area contributed by atoms with Gasteiger partial charge in [-0.25, -0.2) is 9.59 Å². The van der Waals surface area contributed by atoms with E-state index >= 15 is 0 Å². The van der Waals surface area contributed by atoms with Crippen LogP contribution >= 0.6 is 0 Å². The van der Waals surface area contributed by atoms with Gasteiger partial charge in [0.15, 0.2) is 6.61 Å². The molecule has 1 aliphatic rings. The summed E-state index contributed by atoms with van der Waals surface area (Å²) in [6, 6.07) is 1.50. The van der Waals surface area contributed by atoms with Gasteiger partial charge in [0.2, 0.25) is 5.76 Å². The van der Waals surface area contributed by atoms with E-state index in [0.717, 1.165) is 17.0 Å². The van der Waals surface area contributed by atoms with Gasteiger partial charge in [0.1, 0.15) is 4.92 Å². The Labute approximate surface area is 111 Å². The van der Waals surface area contributed by atoms with Crippen LogP contribution in [0, 0.1) is 10.1 Å². The first-order valence-electron chi connectivity index (χ1n) is 5.48. The van der Waals surface area contributed by atoms with Gasteiger partial charge in [0.05, 0.1) is 6.07 Å². The number of imide groups is 1. The van der Waals surface area contributed by atoms with Gasteiger partial charge in [-0.3, -0.25) is 19.8 Å². The summed E-state index contributed by atoms with van der Waals surface area (Å²) in [6.45, 7) is -0.120. The Morgan fingerprint density at radius 3 is 2.80 bits per heavy atom. The van der Waals surface area contributed by atoms with E-state index in [9.17, 15) is 24.5 Å². The third-order valence-electron chi connectivity index (χ3n) is 2.46. The number of ether oxygens (including phenoxy) is 1. The smallest absolute Gasteiger partial charge is 0.433 e. The van der Waals surface area contributed by atoms with Crippen molar-refractivity contribution in [2.75, 3.05) is 19.7 Å². The van der Waals surface area contributed by atoms with E-state index in [1.54, 1.807) is 0 Å². The van der Waals surface area contributed by atoms with E-state index in [4.69, 9.17) is 0 Å². The summed E-state index contributed by atoms with van der Waals surface area (Å²) in [7, 11) is 0. The number of rotatable bonds is 4. The lowest BCUT2D eigenvalue weighted by Crippen LogP contribution is -2.37. The van der Waals surface area contributed by atoms with Gasteiger partial charge in [-0.2, -0.15) is 0 Å². The van der Waals surface area contributed by atoms with Crippen LogP contribution in [0.25, 0.3) is 0 Å². The molecule has 1 aliphatic heterocycles. The molecule has 1 N–H and O–H groups in total. The SMILES string of the molecule is O=C(OCC(=O)N1CCNC1=O)c1ccc([N+](=O)[O-])o1. The van der Waals surface area contributed by atoms with Crippen LogP contribution in [0.15, 0.2) is 16.5 Å². The number of hydrogen-bond donors (Lipinski definition) is 1. The van der Waals surface area contributed by atoms with E-state index in [1.165, 1.54) is 0 Å². The maximum Gasteiger partial charge on any atom is 0.433 e. The molecular weight excluding hydrogens is 274 g/mol. The zero-order chi connectivity index (χ0) is 14.7. The number of esters is 1. The largest absolute Gasteiger partial charge is 0.450 e.